The number of hydrogen-bond donors (Lipinski definition) is 3. The average Bonchev–Trinajstić information content (AvgIpc) is 2.82. The molecular weight excluding hydrogens is 238 g/mol. The Morgan fingerprint density at radius 1 is 1.42 bits per heavy atom. The van der Waals surface area contributed by atoms with Crippen LogP contribution in [-0.4, -0.2) is 19.5 Å². The monoisotopic (exact) mass is 261 g/mol. The highest BCUT2D eigenvalue weighted by atomic mass is 16.1. The third-order valence-corrected chi connectivity index (χ3v) is 4.13. The molecule has 1 amide bonds. The van der Waals surface area contributed by atoms with E-state index < -0.39 is 0 Å². The minimum atomic E-state index is -0.109. The second-order valence-corrected chi connectivity index (χ2v) is 5.43. The van der Waals surface area contributed by atoms with E-state index in [0.717, 1.165) is 24.1 Å². The molecule has 0 bridgehead atoms. The molecule has 0 aromatic heterocycles. The van der Waals surface area contributed by atoms with Crippen molar-refractivity contribution in [2.45, 2.75) is 26.2 Å². The molecule has 1 aromatic carbocycles. The van der Waals surface area contributed by atoms with Gasteiger partial charge in [0.05, 0.1) is 11.4 Å². The molecule has 0 heterocycles. The van der Waals surface area contributed by atoms with Gasteiger partial charge in [-0.2, -0.15) is 0 Å². The standard InChI is InChI=1S/C15H23N3O/c1-10-4-3-5-12(10)9-18-14-7-6-11(8-13(14)16)15(19)17-2/h6-8,10,12,18H,3-5,9,16H2,1-2H3,(H,17,19). The Bertz CT molecular complexity index is 459. The van der Waals surface area contributed by atoms with Crippen LogP contribution in [0.1, 0.15) is 36.5 Å². The molecule has 1 fully saturated rings. The van der Waals surface area contributed by atoms with Crippen LogP contribution in [0.4, 0.5) is 11.4 Å². The summed E-state index contributed by atoms with van der Waals surface area (Å²) in [5, 5.41) is 6.01. The minimum absolute atomic E-state index is 0.109. The molecule has 0 radical (unpaired) electrons. The van der Waals surface area contributed by atoms with Crippen LogP contribution in [0.15, 0.2) is 18.2 Å². The lowest BCUT2D eigenvalue weighted by Crippen LogP contribution is -2.19. The number of rotatable bonds is 4. The SMILES string of the molecule is CNC(=O)c1ccc(NCC2CCCC2C)c(N)c1. The lowest BCUT2D eigenvalue weighted by Gasteiger charge is -2.18. The van der Waals surface area contributed by atoms with Gasteiger partial charge >= 0.3 is 0 Å². The highest BCUT2D eigenvalue weighted by molar-refractivity contribution is 5.95. The van der Waals surface area contributed by atoms with Crippen molar-refractivity contribution in [1.29, 1.82) is 0 Å². The van der Waals surface area contributed by atoms with Gasteiger partial charge in [0.15, 0.2) is 0 Å². The zero-order valence-electron chi connectivity index (χ0n) is 11.7. The van der Waals surface area contributed by atoms with Crippen molar-refractivity contribution < 1.29 is 4.79 Å². The Hall–Kier alpha value is -1.71. The van der Waals surface area contributed by atoms with E-state index >= 15 is 0 Å². The van der Waals surface area contributed by atoms with Gasteiger partial charge in [-0.15, -0.1) is 0 Å². The van der Waals surface area contributed by atoms with Crippen molar-refractivity contribution in [3.8, 4) is 0 Å². The number of anilines is 2. The molecule has 1 aliphatic carbocycles. The van der Waals surface area contributed by atoms with E-state index in [1.54, 1.807) is 19.2 Å². The van der Waals surface area contributed by atoms with E-state index in [-0.39, 0.29) is 5.91 Å². The Morgan fingerprint density at radius 2 is 2.21 bits per heavy atom. The first-order chi connectivity index (χ1) is 9.11. The number of nitrogens with two attached hydrogens (primary N) is 1. The van der Waals surface area contributed by atoms with E-state index in [4.69, 9.17) is 5.73 Å². The highest BCUT2D eigenvalue weighted by Gasteiger charge is 2.22. The van der Waals surface area contributed by atoms with Crippen LogP contribution >= 0.6 is 0 Å². The number of amides is 1. The van der Waals surface area contributed by atoms with Crippen molar-refractivity contribution in [3.05, 3.63) is 23.8 Å². The first-order valence-electron chi connectivity index (χ1n) is 6.97. The summed E-state index contributed by atoms with van der Waals surface area (Å²) in [6.07, 6.45) is 3.96. The van der Waals surface area contributed by atoms with Gasteiger partial charge in [0.25, 0.3) is 5.91 Å². The molecule has 104 valence electrons. The zero-order valence-corrected chi connectivity index (χ0v) is 11.7. The quantitative estimate of drug-likeness (QED) is 0.729. The molecule has 2 atom stereocenters. The van der Waals surface area contributed by atoms with E-state index in [2.05, 4.69) is 17.6 Å². The first-order valence-corrected chi connectivity index (χ1v) is 6.97. The van der Waals surface area contributed by atoms with Crippen LogP contribution in [0.3, 0.4) is 0 Å². The molecule has 1 aliphatic rings. The summed E-state index contributed by atoms with van der Waals surface area (Å²) < 4.78 is 0. The van der Waals surface area contributed by atoms with E-state index in [1.165, 1.54) is 19.3 Å². The van der Waals surface area contributed by atoms with Gasteiger partial charge in [-0.3, -0.25) is 4.79 Å². The molecule has 1 saturated carbocycles. The van der Waals surface area contributed by atoms with Crippen LogP contribution in [0.5, 0.6) is 0 Å². The Labute approximate surface area is 114 Å². The largest absolute Gasteiger partial charge is 0.397 e. The molecule has 4 nitrogen and oxygen atoms in total. The van der Waals surface area contributed by atoms with Crippen LogP contribution in [0.25, 0.3) is 0 Å². The number of carbonyl (C=O) groups is 1. The molecule has 1 aromatic rings. The van der Waals surface area contributed by atoms with Gasteiger partial charge in [0, 0.05) is 19.2 Å². The molecule has 19 heavy (non-hydrogen) atoms. The fourth-order valence-electron chi connectivity index (χ4n) is 2.78. The average molecular weight is 261 g/mol. The maximum absolute atomic E-state index is 11.5. The van der Waals surface area contributed by atoms with Crippen molar-refractivity contribution in [2.24, 2.45) is 11.8 Å². The lowest BCUT2D eigenvalue weighted by atomic mass is 9.98. The molecule has 0 saturated heterocycles. The van der Waals surface area contributed by atoms with Crippen molar-refractivity contribution in [1.82, 2.24) is 5.32 Å². The topological polar surface area (TPSA) is 67.2 Å². The smallest absolute Gasteiger partial charge is 0.251 e. The van der Waals surface area contributed by atoms with E-state index in [0.29, 0.717) is 11.3 Å². The zero-order chi connectivity index (χ0) is 13.8. The number of carbonyl (C=O) groups excluding carboxylic acids is 1. The van der Waals surface area contributed by atoms with Crippen molar-refractivity contribution in [3.63, 3.8) is 0 Å². The Morgan fingerprint density at radius 3 is 2.79 bits per heavy atom. The summed E-state index contributed by atoms with van der Waals surface area (Å²) in [4.78, 5) is 11.5. The maximum atomic E-state index is 11.5. The predicted octanol–water partition coefficient (Wildman–Crippen LogP) is 2.48. The van der Waals surface area contributed by atoms with Crippen LogP contribution in [0, 0.1) is 11.8 Å². The minimum Gasteiger partial charge on any atom is -0.397 e. The molecule has 4 N–H and O–H groups in total. The normalized spacial score (nSPS) is 22.2. The molecule has 4 heteroatoms. The molecule has 0 spiro atoms. The number of nitrogen functional groups attached to an aromatic ring is 1. The van der Waals surface area contributed by atoms with E-state index in [9.17, 15) is 4.79 Å². The summed E-state index contributed by atoms with van der Waals surface area (Å²) in [5.41, 5.74) is 8.14. The van der Waals surface area contributed by atoms with Crippen LogP contribution < -0.4 is 16.4 Å². The van der Waals surface area contributed by atoms with Crippen molar-refractivity contribution in [2.75, 3.05) is 24.6 Å². The number of nitrogens with one attached hydrogen (secondary N) is 2. The first kappa shape index (κ1) is 13.7. The predicted molar refractivity (Wildman–Crippen MR) is 79.2 cm³/mol. The number of benzene rings is 1. The maximum Gasteiger partial charge on any atom is 0.251 e. The van der Waals surface area contributed by atoms with Crippen LogP contribution in [-0.2, 0) is 0 Å². The van der Waals surface area contributed by atoms with E-state index in [1.807, 2.05) is 6.07 Å². The lowest BCUT2D eigenvalue weighted by molar-refractivity contribution is 0.0963. The summed E-state index contributed by atoms with van der Waals surface area (Å²) >= 11 is 0. The van der Waals surface area contributed by atoms with Crippen LogP contribution in [0.2, 0.25) is 0 Å². The third-order valence-electron chi connectivity index (χ3n) is 4.13. The van der Waals surface area contributed by atoms with Crippen molar-refractivity contribution >= 4 is 17.3 Å². The Balaban J connectivity index is 1.99. The van der Waals surface area contributed by atoms with Gasteiger partial charge in [-0.1, -0.05) is 19.8 Å². The second kappa shape index (κ2) is 5.95. The molecule has 0 aliphatic heterocycles. The molecule has 2 rings (SSSR count). The fraction of sp³-hybridized carbons (Fsp3) is 0.533. The molecular formula is C15H23N3O. The summed E-state index contributed by atoms with van der Waals surface area (Å²) in [5.74, 6) is 1.42. The highest BCUT2D eigenvalue weighted by Crippen LogP contribution is 2.31. The molecule has 2 unspecified atom stereocenters. The summed E-state index contributed by atoms with van der Waals surface area (Å²) in [6, 6.07) is 5.41. The van der Waals surface area contributed by atoms with Gasteiger partial charge in [-0.25, -0.2) is 0 Å². The fourth-order valence-corrected chi connectivity index (χ4v) is 2.78. The summed E-state index contributed by atoms with van der Waals surface area (Å²) in [6.45, 7) is 3.28. The third kappa shape index (κ3) is 3.19. The summed E-state index contributed by atoms with van der Waals surface area (Å²) in [7, 11) is 1.62. The van der Waals surface area contributed by atoms with Gasteiger partial charge in [0.2, 0.25) is 0 Å². The van der Waals surface area contributed by atoms with Gasteiger partial charge in [0.1, 0.15) is 0 Å². The van der Waals surface area contributed by atoms with Gasteiger partial charge < -0.3 is 16.4 Å². The second-order valence-electron chi connectivity index (χ2n) is 5.43. The van der Waals surface area contributed by atoms with Gasteiger partial charge in [-0.05, 0) is 36.5 Å². The number of hydrogen-bond acceptors (Lipinski definition) is 3. The Kier molecular flexibility index (Phi) is 4.30.